The molecule has 1 fully saturated rings. The molecule has 0 aliphatic heterocycles. The van der Waals surface area contributed by atoms with Crippen LogP contribution in [0.3, 0.4) is 0 Å². The fraction of sp³-hybridized carbons (Fsp3) is 0.400. The number of thioether (sulfide) groups is 1. The number of nitriles is 1. The predicted molar refractivity (Wildman–Crippen MR) is 75.9 cm³/mol. The van der Waals surface area contributed by atoms with Gasteiger partial charge in [0.1, 0.15) is 5.82 Å². The lowest BCUT2D eigenvalue weighted by atomic mass is 10.1. The largest absolute Gasteiger partial charge is 0.339 e. The SMILES string of the molecule is CC1(C)C(C#N)C1c1nc(CSc2ccccc2F)no1. The van der Waals surface area contributed by atoms with Crippen LogP contribution in [0.1, 0.15) is 31.5 Å². The average Bonchev–Trinajstić information content (AvgIpc) is 2.82. The van der Waals surface area contributed by atoms with Gasteiger partial charge in [0.05, 0.1) is 23.7 Å². The second-order valence-corrected chi connectivity index (χ2v) is 6.69. The molecule has 1 aliphatic carbocycles. The highest BCUT2D eigenvalue weighted by molar-refractivity contribution is 7.98. The molecule has 0 N–H and O–H groups in total. The van der Waals surface area contributed by atoms with Crippen molar-refractivity contribution in [3.05, 3.63) is 41.8 Å². The summed E-state index contributed by atoms with van der Waals surface area (Å²) in [7, 11) is 0. The Morgan fingerprint density at radius 2 is 2.19 bits per heavy atom. The van der Waals surface area contributed by atoms with Crippen molar-refractivity contribution in [2.75, 3.05) is 0 Å². The van der Waals surface area contributed by atoms with Crippen LogP contribution in [-0.4, -0.2) is 10.1 Å². The fourth-order valence-electron chi connectivity index (χ4n) is 2.50. The summed E-state index contributed by atoms with van der Waals surface area (Å²) in [5, 5.41) is 13.0. The van der Waals surface area contributed by atoms with E-state index in [4.69, 9.17) is 9.78 Å². The van der Waals surface area contributed by atoms with Crippen molar-refractivity contribution in [2.45, 2.75) is 30.4 Å². The van der Waals surface area contributed by atoms with Crippen LogP contribution in [0, 0.1) is 28.5 Å². The maximum absolute atomic E-state index is 13.5. The molecule has 0 saturated heterocycles. The third kappa shape index (κ3) is 2.54. The molecule has 0 bridgehead atoms. The van der Waals surface area contributed by atoms with Crippen molar-refractivity contribution in [3.8, 4) is 6.07 Å². The van der Waals surface area contributed by atoms with Gasteiger partial charge in [-0.3, -0.25) is 0 Å². The van der Waals surface area contributed by atoms with Gasteiger partial charge in [-0.1, -0.05) is 31.1 Å². The lowest BCUT2D eigenvalue weighted by Gasteiger charge is -1.99. The van der Waals surface area contributed by atoms with Gasteiger partial charge in [-0.15, -0.1) is 11.8 Å². The first-order chi connectivity index (χ1) is 10.0. The van der Waals surface area contributed by atoms with E-state index in [-0.39, 0.29) is 23.1 Å². The summed E-state index contributed by atoms with van der Waals surface area (Å²) < 4.78 is 18.8. The molecule has 1 aromatic carbocycles. The first-order valence-corrected chi connectivity index (χ1v) is 7.62. The molecule has 1 aliphatic rings. The zero-order valence-electron chi connectivity index (χ0n) is 11.7. The Labute approximate surface area is 126 Å². The van der Waals surface area contributed by atoms with Crippen molar-refractivity contribution in [1.29, 1.82) is 5.26 Å². The summed E-state index contributed by atoms with van der Waals surface area (Å²) in [5.74, 6) is 1.15. The molecule has 21 heavy (non-hydrogen) atoms. The number of halogens is 1. The number of benzene rings is 1. The molecule has 0 spiro atoms. The van der Waals surface area contributed by atoms with Crippen LogP contribution >= 0.6 is 11.8 Å². The first-order valence-electron chi connectivity index (χ1n) is 6.63. The molecule has 2 aromatic rings. The van der Waals surface area contributed by atoms with E-state index in [1.54, 1.807) is 18.2 Å². The molecular formula is C15H14FN3OS. The van der Waals surface area contributed by atoms with E-state index in [1.807, 2.05) is 13.8 Å². The Kier molecular flexibility index (Phi) is 3.46. The van der Waals surface area contributed by atoms with Gasteiger partial charge in [0.2, 0.25) is 5.89 Å². The van der Waals surface area contributed by atoms with Crippen LogP contribution in [0.2, 0.25) is 0 Å². The molecule has 0 amide bonds. The Balaban J connectivity index is 1.67. The highest BCUT2D eigenvalue weighted by atomic mass is 32.2. The monoisotopic (exact) mass is 303 g/mol. The maximum Gasteiger partial charge on any atom is 0.231 e. The molecule has 108 valence electrons. The quantitative estimate of drug-likeness (QED) is 0.805. The van der Waals surface area contributed by atoms with E-state index in [2.05, 4.69) is 16.2 Å². The maximum atomic E-state index is 13.5. The smallest absolute Gasteiger partial charge is 0.231 e. The fourth-order valence-corrected chi connectivity index (χ4v) is 3.28. The standard InChI is InChI=1S/C15H14FN3OS/c1-15(2)9(7-17)13(15)14-18-12(19-20-14)8-21-11-6-4-3-5-10(11)16/h3-6,9,13H,8H2,1-2H3. The van der Waals surface area contributed by atoms with Crippen LogP contribution < -0.4 is 0 Å². The summed E-state index contributed by atoms with van der Waals surface area (Å²) in [5.41, 5.74) is -0.114. The Morgan fingerprint density at radius 3 is 2.86 bits per heavy atom. The van der Waals surface area contributed by atoms with Crippen molar-refractivity contribution < 1.29 is 8.91 Å². The molecule has 1 saturated carbocycles. The molecule has 2 unspecified atom stereocenters. The second-order valence-electron chi connectivity index (χ2n) is 5.67. The minimum absolute atomic E-state index is 0.00205. The van der Waals surface area contributed by atoms with E-state index >= 15 is 0 Å². The number of hydrogen-bond donors (Lipinski definition) is 0. The molecule has 1 aromatic heterocycles. The summed E-state index contributed by atoms with van der Waals surface area (Å²) in [6, 6.07) is 8.86. The number of nitrogens with zero attached hydrogens (tertiary/aromatic N) is 3. The van der Waals surface area contributed by atoms with Crippen LogP contribution in [0.5, 0.6) is 0 Å². The van der Waals surface area contributed by atoms with Gasteiger partial charge in [-0.2, -0.15) is 10.2 Å². The Hall–Kier alpha value is -1.87. The highest BCUT2D eigenvalue weighted by Crippen LogP contribution is 2.63. The van der Waals surface area contributed by atoms with Gasteiger partial charge < -0.3 is 4.52 Å². The first kappa shape index (κ1) is 14.1. The molecule has 1 heterocycles. The number of rotatable bonds is 4. The van der Waals surface area contributed by atoms with E-state index in [0.29, 0.717) is 22.4 Å². The molecule has 3 rings (SSSR count). The summed E-state index contributed by atoms with van der Waals surface area (Å²) in [6.45, 7) is 4.03. The van der Waals surface area contributed by atoms with Crippen molar-refractivity contribution in [2.24, 2.45) is 11.3 Å². The molecule has 4 nitrogen and oxygen atoms in total. The zero-order chi connectivity index (χ0) is 15.0. The second kappa shape index (κ2) is 5.15. The van der Waals surface area contributed by atoms with Gasteiger partial charge in [-0.05, 0) is 17.5 Å². The number of aromatic nitrogens is 2. The van der Waals surface area contributed by atoms with Gasteiger partial charge in [-0.25, -0.2) is 4.39 Å². The van der Waals surface area contributed by atoms with Crippen LogP contribution in [-0.2, 0) is 5.75 Å². The summed E-state index contributed by atoms with van der Waals surface area (Å²) in [6.07, 6.45) is 0. The lowest BCUT2D eigenvalue weighted by molar-refractivity contribution is 0.364. The zero-order valence-corrected chi connectivity index (χ0v) is 12.5. The normalized spacial score (nSPS) is 22.8. The summed E-state index contributed by atoms with van der Waals surface area (Å²) in [4.78, 5) is 4.90. The van der Waals surface area contributed by atoms with E-state index in [0.717, 1.165) is 0 Å². The van der Waals surface area contributed by atoms with Gasteiger partial charge in [0.15, 0.2) is 5.82 Å². The average molecular weight is 303 g/mol. The topological polar surface area (TPSA) is 62.7 Å². The van der Waals surface area contributed by atoms with Crippen molar-refractivity contribution in [1.82, 2.24) is 10.1 Å². The molecule has 2 atom stereocenters. The van der Waals surface area contributed by atoms with E-state index in [9.17, 15) is 4.39 Å². The highest BCUT2D eigenvalue weighted by Gasteiger charge is 2.62. The Bertz CT molecular complexity index is 707. The van der Waals surface area contributed by atoms with E-state index in [1.165, 1.54) is 17.8 Å². The van der Waals surface area contributed by atoms with Crippen LogP contribution in [0.25, 0.3) is 0 Å². The molecular weight excluding hydrogens is 289 g/mol. The van der Waals surface area contributed by atoms with Crippen molar-refractivity contribution in [3.63, 3.8) is 0 Å². The van der Waals surface area contributed by atoms with Crippen LogP contribution in [0.4, 0.5) is 4.39 Å². The third-order valence-electron chi connectivity index (χ3n) is 3.91. The summed E-state index contributed by atoms with van der Waals surface area (Å²) >= 11 is 1.33. The van der Waals surface area contributed by atoms with Crippen LogP contribution in [0.15, 0.2) is 33.7 Å². The van der Waals surface area contributed by atoms with E-state index < -0.39 is 0 Å². The lowest BCUT2D eigenvalue weighted by Crippen LogP contribution is -1.91. The Morgan fingerprint density at radius 1 is 1.43 bits per heavy atom. The van der Waals surface area contributed by atoms with Crippen molar-refractivity contribution >= 4 is 11.8 Å². The van der Waals surface area contributed by atoms with Gasteiger partial charge in [0.25, 0.3) is 0 Å². The number of hydrogen-bond acceptors (Lipinski definition) is 5. The molecule has 6 heteroatoms. The van der Waals surface area contributed by atoms with Gasteiger partial charge in [0, 0.05) is 4.90 Å². The molecule has 0 radical (unpaired) electrons. The third-order valence-corrected chi connectivity index (χ3v) is 4.95. The predicted octanol–water partition coefficient (Wildman–Crippen LogP) is 3.76. The minimum atomic E-state index is -0.251. The minimum Gasteiger partial charge on any atom is -0.339 e. The van der Waals surface area contributed by atoms with Gasteiger partial charge >= 0.3 is 0 Å².